The van der Waals surface area contributed by atoms with Gasteiger partial charge in [0, 0.05) is 4.57 Å². The fourth-order valence-corrected chi connectivity index (χ4v) is 1.62. The van der Waals surface area contributed by atoms with E-state index >= 15 is 0 Å². The minimum absolute atomic E-state index is 0.245. The molecule has 0 aliphatic carbocycles. The Morgan fingerprint density at radius 2 is 1.67 bits per heavy atom. The predicted octanol–water partition coefficient (Wildman–Crippen LogP) is 3.32. The molecule has 0 rings (SSSR count). The van der Waals surface area contributed by atoms with Crippen LogP contribution in [0.2, 0.25) is 0 Å². The third-order valence-corrected chi connectivity index (χ3v) is 2.52. The van der Waals surface area contributed by atoms with Crippen LogP contribution in [0.1, 0.15) is 58.3 Å². The highest BCUT2D eigenvalue weighted by atomic mass is 31.1. The lowest BCUT2D eigenvalue weighted by Crippen LogP contribution is -1.97. The van der Waals surface area contributed by atoms with Gasteiger partial charge in [0.05, 0.1) is 6.42 Å². The highest BCUT2D eigenvalue weighted by Crippen LogP contribution is 2.17. The van der Waals surface area contributed by atoms with Crippen molar-refractivity contribution in [2.45, 2.75) is 58.3 Å². The molecule has 0 aromatic rings. The molecule has 0 aromatic heterocycles. The highest BCUT2D eigenvalue weighted by Gasteiger charge is 2.18. The Hall–Kier alpha value is -0.470. The van der Waals surface area contributed by atoms with Crippen LogP contribution in [0.25, 0.3) is 0 Å². The molecule has 0 aromatic carbocycles. The summed E-state index contributed by atoms with van der Waals surface area (Å²) in [7, 11) is -2.77. The van der Waals surface area contributed by atoms with Crippen molar-refractivity contribution in [2.24, 2.45) is 0 Å². The summed E-state index contributed by atoms with van der Waals surface area (Å²) >= 11 is 0. The molecule has 0 heterocycles. The summed E-state index contributed by atoms with van der Waals surface area (Å²) < 4.78 is 14.2. The molecule has 1 N–H and O–H groups in total. The molecular formula is C10H20O4P+. The molecule has 0 saturated heterocycles. The first-order valence-corrected chi connectivity index (χ1v) is 6.66. The molecule has 0 aliphatic heterocycles. The van der Waals surface area contributed by atoms with Gasteiger partial charge in [-0.1, -0.05) is 45.4 Å². The molecule has 0 aliphatic rings. The number of carbonyl (C=O) groups is 1. The van der Waals surface area contributed by atoms with Gasteiger partial charge in [-0.05, 0) is 6.42 Å². The van der Waals surface area contributed by atoms with Gasteiger partial charge in [-0.2, -0.15) is 4.52 Å². The normalized spacial score (nSPS) is 11.2. The predicted molar refractivity (Wildman–Crippen MR) is 58.5 cm³/mol. The van der Waals surface area contributed by atoms with Crippen LogP contribution < -0.4 is 0 Å². The molecule has 0 fully saturated rings. The Labute approximate surface area is 92.0 Å². The van der Waals surface area contributed by atoms with Crippen LogP contribution in [-0.4, -0.2) is 10.9 Å². The number of hydrogen-bond acceptors (Lipinski definition) is 3. The standard InChI is InChI=1S/C10H19O4P/c1-2-3-4-5-6-7-8-9-10(11)14-15(12)13/h2-9H2,1H3/p+1. The second-order valence-corrected chi connectivity index (χ2v) is 4.23. The van der Waals surface area contributed by atoms with Gasteiger partial charge in [-0.3, -0.25) is 0 Å². The average Bonchev–Trinajstić information content (AvgIpc) is 2.15. The van der Waals surface area contributed by atoms with Gasteiger partial charge < -0.3 is 0 Å². The molecular weight excluding hydrogens is 215 g/mol. The van der Waals surface area contributed by atoms with Crippen LogP contribution in [0.15, 0.2) is 0 Å². The van der Waals surface area contributed by atoms with Gasteiger partial charge in [0.25, 0.3) is 0 Å². The van der Waals surface area contributed by atoms with Crippen molar-refractivity contribution >= 4 is 14.2 Å². The summed E-state index contributed by atoms with van der Waals surface area (Å²) in [6, 6.07) is 0. The van der Waals surface area contributed by atoms with Crippen molar-refractivity contribution in [3.05, 3.63) is 0 Å². The second kappa shape index (κ2) is 10.1. The van der Waals surface area contributed by atoms with E-state index in [1.54, 1.807) is 0 Å². The van der Waals surface area contributed by atoms with E-state index in [0.29, 0.717) is 0 Å². The first-order chi connectivity index (χ1) is 7.16. The molecule has 88 valence electrons. The van der Waals surface area contributed by atoms with E-state index < -0.39 is 14.2 Å². The Balaban J connectivity index is 3.16. The molecule has 0 radical (unpaired) electrons. The third kappa shape index (κ3) is 11.5. The number of rotatable bonds is 9. The SMILES string of the molecule is CCCCCCCCCC(=O)O[P+](=O)O. The van der Waals surface area contributed by atoms with Gasteiger partial charge in [-0.25, -0.2) is 4.79 Å². The largest absolute Gasteiger partial charge is 0.750 e. The lowest BCUT2D eigenvalue weighted by Gasteiger charge is -1.98. The van der Waals surface area contributed by atoms with Crippen molar-refractivity contribution in [3.63, 3.8) is 0 Å². The van der Waals surface area contributed by atoms with Crippen molar-refractivity contribution in [1.29, 1.82) is 0 Å². The van der Waals surface area contributed by atoms with E-state index in [2.05, 4.69) is 11.4 Å². The fraction of sp³-hybridized carbons (Fsp3) is 0.900. The van der Waals surface area contributed by atoms with Crippen LogP contribution in [-0.2, 0) is 13.9 Å². The smallest absolute Gasteiger partial charge is 0.247 e. The molecule has 0 amide bonds. The Bertz CT molecular complexity index is 194. The molecule has 5 heteroatoms. The summed E-state index contributed by atoms with van der Waals surface area (Å²) in [6.07, 6.45) is 8.06. The van der Waals surface area contributed by atoms with E-state index in [4.69, 9.17) is 4.89 Å². The van der Waals surface area contributed by atoms with Crippen molar-refractivity contribution in [1.82, 2.24) is 0 Å². The number of unbranched alkanes of at least 4 members (excludes halogenated alkanes) is 6. The van der Waals surface area contributed by atoms with E-state index in [-0.39, 0.29) is 6.42 Å². The zero-order valence-electron chi connectivity index (χ0n) is 9.28. The van der Waals surface area contributed by atoms with E-state index in [1.807, 2.05) is 0 Å². The Kier molecular flexibility index (Phi) is 9.75. The quantitative estimate of drug-likeness (QED) is 0.492. The summed E-state index contributed by atoms with van der Waals surface area (Å²) in [5, 5.41) is 0. The third-order valence-electron chi connectivity index (χ3n) is 2.16. The number of carbonyl (C=O) groups excluding carboxylic acids is 1. The van der Waals surface area contributed by atoms with Crippen LogP contribution in [0.4, 0.5) is 0 Å². The zero-order valence-corrected chi connectivity index (χ0v) is 10.2. The lowest BCUT2D eigenvalue weighted by molar-refractivity contribution is -0.134. The molecule has 0 bridgehead atoms. The van der Waals surface area contributed by atoms with Gasteiger partial charge in [-0.15, -0.1) is 4.89 Å². The summed E-state index contributed by atoms with van der Waals surface area (Å²) in [5.74, 6) is -0.577. The maximum Gasteiger partial charge on any atom is 0.750 e. The summed E-state index contributed by atoms with van der Waals surface area (Å²) in [4.78, 5) is 19.1. The second-order valence-electron chi connectivity index (χ2n) is 3.57. The Morgan fingerprint density at radius 3 is 2.20 bits per heavy atom. The van der Waals surface area contributed by atoms with E-state index in [9.17, 15) is 9.36 Å². The van der Waals surface area contributed by atoms with Crippen molar-refractivity contribution < 1.29 is 18.8 Å². The first kappa shape index (κ1) is 14.5. The lowest BCUT2D eigenvalue weighted by atomic mass is 10.1. The minimum Gasteiger partial charge on any atom is -0.247 e. The molecule has 1 atom stereocenters. The summed E-state index contributed by atoms with van der Waals surface area (Å²) in [6.45, 7) is 2.17. The van der Waals surface area contributed by atoms with Gasteiger partial charge in [0.15, 0.2) is 0 Å². The fourth-order valence-electron chi connectivity index (χ4n) is 1.36. The minimum atomic E-state index is -2.77. The Morgan fingerprint density at radius 1 is 1.13 bits per heavy atom. The van der Waals surface area contributed by atoms with Crippen molar-refractivity contribution in [3.8, 4) is 0 Å². The van der Waals surface area contributed by atoms with Gasteiger partial charge in [0.1, 0.15) is 0 Å². The number of hydrogen-bond donors (Lipinski definition) is 1. The molecule has 0 spiro atoms. The van der Waals surface area contributed by atoms with Crippen LogP contribution in [0.5, 0.6) is 0 Å². The van der Waals surface area contributed by atoms with Gasteiger partial charge >= 0.3 is 14.2 Å². The van der Waals surface area contributed by atoms with Crippen LogP contribution in [0, 0.1) is 0 Å². The monoisotopic (exact) mass is 235 g/mol. The molecule has 1 unspecified atom stereocenters. The van der Waals surface area contributed by atoms with Crippen molar-refractivity contribution in [2.75, 3.05) is 0 Å². The first-order valence-electron chi connectivity index (χ1n) is 5.53. The highest BCUT2D eigenvalue weighted by molar-refractivity contribution is 7.32. The van der Waals surface area contributed by atoms with Crippen LogP contribution in [0.3, 0.4) is 0 Å². The maximum atomic E-state index is 10.8. The molecule has 4 nitrogen and oxygen atoms in total. The van der Waals surface area contributed by atoms with Gasteiger partial charge in [0.2, 0.25) is 0 Å². The van der Waals surface area contributed by atoms with E-state index in [1.165, 1.54) is 25.7 Å². The van der Waals surface area contributed by atoms with E-state index in [0.717, 1.165) is 19.3 Å². The molecule has 0 saturated carbocycles. The zero-order chi connectivity index (χ0) is 11.5. The molecule has 15 heavy (non-hydrogen) atoms. The maximum absolute atomic E-state index is 10.8. The van der Waals surface area contributed by atoms with Crippen LogP contribution >= 0.6 is 8.25 Å². The average molecular weight is 235 g/mol. The summed E-state index contributed by atoms with van der Waals surface area (Å²) in [5.41, 5.74) is 0. The topological polar surface area (TPSA) is 63.6 Å².